The van der Waals surface area contributed by atoms with E-state index in [4.69, 9.17) is 5.73 Å². The van der Waals surface area contributed by atoms with E-state index >= 15 is 0 Å². The van der Waals surface area contributed by atoms with Crippen molar-refractivity contribution in [2.45, 2.75) is 25.7 Å². The number of amides is 2. The number of thiophene rings is 1. The molecule has 1 unspecified atom stereocenters. The Morgan fingerprint density at radius 3 is 2.67 bits per heavy atom. The number of rotatable bonds is 5. The van der Waals surface area contributed by atoms with Gasteiger partial charge in [-0.1, -0.05) is 30.3 Å². The van der Waals surface area contributed by atoms with E-state index in [1.807, 2.05) is 6.07 Å². The molecule has 1 atom stereocenters. The summed E-state index contributed by atoms with van der Waals surface area (Å²) in [6, 6.07) is 10.4. The van der Waals surface area contributed by atoms with Gasteiger partial charge in [-0.25, -0.2) is 0 Å². The van der Waals surface area contributed by atoms with Crippen molar-refractivity contribution < 1.29 is 14.5 Å². The molecule has 2 aromatic rings. The van der Waals surface area contributed by atoms with E-state index in [2.05, 4.69) is 35.7 Å². The standard InChI is InChI=1S/C21H23N3O2S/c22-20(26)19-16-7-4-8-17(16)27-21(19)23-18(25)13-24-11-9-15(10-12-24)14-5-2-1-3-6-14/h1-3,5-6,9H,4,7-8,10-13H2,(H2,22,26)(H,23,25)/p+1. The predicted octanol–water partition coefficient (Wildman–Crippen LogP) is 1.65. The second kappa shape index (κ2) is 7.66. The Morgan fingerprint density at radius 1 is 1.15 bits per heavy atom. The highest BCUT2D eigenvalue weighted by atomic mass is 32.1. The predicted molar refractivity (Wildman–Crippen MR) is 108 cm³/mol. The topological polar surface area (TPSA) is 76.6 Å². The summed E-state index contributed by atoms with van der Waals surface area (Å²) in [4.78, 5) is 26.8. The molecule has 1 aromatic carbocycles. The van der Waals surface area contributed by atoms with E-state index in [1.54, 1.807) is 0 Å². The van der Waals surface area contributed by atoms with Crippen LogP contribution in [0.15, 0.2) is 36.4 Å². The summed E-state index contributed by atoms with van der Waals surface area (Å²) in [7, 11) is 0. The van der Waals surface area contributed by atoms with Crippen molar-refractivity contribution >= 4 is 33.7 Å². The number of carbonyl (C=O) groups excluding carboxylic acids is 2. The van der Waals surface area contributed by atoms with Crippen molar-refractivity contribution in [2.75, 3.05) is 25.0 Å². The van der Waals surface area contributed by atoms with E-state index in [0.29, 0.717) is 17.1 Å². The SMILES string of the molecule is NC(=O)c1c(NC(=O)C[NH+]2CC=C(c3ccccc3)CC2)sc2c1CCC2. The normalized spacial score (nSPS) is 18.7. The number of aryl methyl sites for hydroxylation is 1. The molecule has 4 rings (SSSR count). The van der Waals surface area contributed by atoms with E-state index in [9.17, 15) is 9.59 Å². The molecule has 140 valence electrons. The number of quaternary nitrogens is 1. The van der Waals surface area contributed by atoms with E-state index in [-0.39, 0.29) is 5.91 Å². The average molecular weight is 383 g/mol. The summed E-state index contributed by atoms with van der Waals surface area (Å²) in [6.45, 7) is 2.17. The van der Waals surface area contributed by atoms with E-state index < -0.39 is 5.91 Å². The van der Waals surface area contributed by atoms with E-state index in [0.717, 1.165) is 44.3 Å². The fourth-order valence-electron chi connectivity index (χ4n) is 4.01. The Balaban J connectivity index is 1.39. The van der Waals surface area contributed by atoms with Gasteiger partial charge >= 0.3 is 0 Å². The average Bonchev–Trinajstić information content (AvgIpc) is 3.23. The number of benzene rings is 1. The van der Waals surface area contributed by atoms with Gasteiger partial charge in [0.25, 0.3) is 11.8 Å². The Hall–Kier alpha value is -2.44. The lowest BCUT2D eigenvalue weighted by Crippen LogP contribution is -3.13. The molecule has 4 N–H and O–H groups in total. The Kier molecular flexibility index (Phi) is 5.09. The molecule has 0 saturated heterocycles. The molecule has 0 fully saturated rings. The third-order valence-corrected chi connectivity index (χ3v) is 6.57. The van der Waals surface area contributed by atoms with Crippen LogP contribution in [0.25, 0.3) is 5.57 Å². The molecule has 5 nitrogen and oxygen atoms in total. The van der Waals surface area contributed by atoms with E-state index in [1.165, 1.54) is 32.3 Å². The minimum Gasteiger partial charge on any atom is -0.365 e. The van der Waals surface area contributed by atoms with Gasteiger partial charge in [-0.2, -0.15) is 0 Å². The maximum Gasteiger partial charge on any atom is 0.280 e. The van der Waals surface area contributed by atoms with Gasteiger partial charge in [0.15, 0.2) is 6.54 Å². The second-order valence-electron chi connectivity index (χ2n) is 7.20. The summed E-state index contributed by atoms with van der Waals surface area (Å²) in [5.74, 6) is -0.491. The highest BCUT2D eigenvalue weighted by Crippen LogP contribution is 2.38. The van der Waals surface area contributed by atoms with Gasteiger partial charge in [0.2, 0.25) is 0 Å². The largest absolute Gasteiger partial charge is 0.365 e. The first kappa shape index (κ1) is 17.9. The number of carbonyl (C=O) groups is 2. The molecule has 27 heavy (non-hydrogen) atoms. The molecule has 2 heterocycles. The van der Waals surface area contributed by atoms with Crippen molar-refractivity contribution in [3.05, 3.63) is 58.0 Å². The van der Waals surface area contributed by atoms with Crippen molar-refractivity contribution in [1.82, 2.24) is 0 Å². The van der Waals surface area contributed by atoms with Crippen LogP contribution in [0.1, 0.15) is 39.2 Å². The second-order valence-corrected chi connectivity index (χ2v) is 8.31. The fraction of sp³-hybridized carbons (Fsp3) is 0.333. The van der Waals surface area contributed by atoms with Crippen molar-refractivity contribution in [3.63, 3.8) is 0 Å². The maximum atomic E-state index is 12.5. The lowest BCUT2D eigenvalue weighted by atomic mass is 10.00. The highest BCUT2D eigenvalue weighted by Gasteiger charge is 2.27. The van der Waals surface area contributed by atoms with Crippen LogP contribution in [-0.2, 0) is 17.6 Å². The number of primary amides is 1. The minimum absolute atomic E-state index is 0.0519. The number of fused-ring (bicyclic) bond motifs is 1. The van der Waals surface area contributed by atoms with Crippen LogP contribution in [0.2, 0.25) is 0 Å². The Bertz CT molecular complexity index is 902. The van der Waals surface area contributed by atoms with Gasteiger partial charge < -0.3 is 16.0 Å². The fourth-order valence-corrected chi connectivity index (χ4v) is 5.32. The van der Waals surface area contributed by atoms with Gasteiger partial charge in [0.05, 0.1) is 18.7 Å². The molecule has 2 amide bonds. The van der Waals surface area contributed by atoms with Crippen LogP contribution in [-0.4, -0.2) is 31.4 Å². The van der Waals surface area contributed by atoms with Crippen molar-refractivity contribution in [3.8, 4) is 0 Å². The molecular formula is C21H24N3O2S+. The monoisotopic (exact) mass is 382 g/mol. The summed E-state index contributed by atoms with van der Waals surface area (Å²) < 4.78 is 0. The smallest absolute Gasteiger partial charge is 0.280 e. The number of anilines is 1. The molecule has 0 spiro atoms. The van der Waals surface area contributed by atoms with Crippen molar-refractivity contribution in [2.24, 2.45) is 5.73 Å². The van der Waals surface area contributed by atoms with Gasteiger partial charge in [-0.15, -0.1) is 11.3 Å². The number of nitrogens with one attached hydrogen (secondary N) is 2. The first-order valence-electron chi connectivity index (χ1n) is 9.44. The first-order valence-corrected chi connectivity index (χ1v) is 10.3. The molecule has 0 radical (unpaired) electrons. The number of nitrogens with two attached hydrogens (primary N) is 1. The third kappa shape index (κ3) is 3.82. The lowest BCUT2D eigenvalue weighted by Gasteiger charge is -2.23. The maximum absolute atomic E-state index is 12.5. The molecule has 1 aliphatic heterocycles. The molecule has 6 heteroatoms. The molecule has 0 bridgehead atoms. The van der Waals surface area contributed by atoms with Crippen LogP contribution in [0.4, 0.5) is 5.00 Å². The number of hydrogen-bond acceptors (Lipinski definition) is 3. The van der Waals surface area contributed by atoms with Crippen LogP contribution >= 0.6 is 11.3 Å². The Morgan fingerprint density at radius 2 is 1.96 bits per heavy atom. The van der Waals surface area contributed by atoms with Gasteiger partial charge in [-0.3, -0.25) is 9.59 Å². The van der Waals surface area contributed by atoms with Crippen LogP contribution in [0.5, 0.6) is 0 Å². The minimum atomic E-state index is -0.439. The molecule has 0 saturated carbocycles. The van der Waals surface area contributed by atoms with Gasteiger partial charge in [0.1, 0.15) is 5.00 Å². The van der Waals surface area contributed by atoms with Crippen LogP contribution in [0.3, 0.4) is 0 Å². The van der Waals surface area contributed by atoms with Gasteiger partial charge in [0, 0.05) is 11.3 Å². The molecule has 2 aliphatic rings. The zero-order valence-electron chi connectivity index (χ0n) is 15.2. The summed E-state index contributed by atoms with van der Waals surface area (Å²) in [6.07, 6.45) is 6.11. The quantitative estimate of drug-likeness (QED) is 0.735. The molecule has 1 aliphatic carbocycles. The number of hydrogen-bond donors (Lipinski definition) is 3. The molecule has 1 aromatic heterocycles. The molecular weight excluding hydrogens is 358 g/mol. The lowest BCUT2D eigenvalue weighted by molar-refractivity contribution is -0.886. The van der Waals surface area contributed by atoms with Crippen molar-refractivity contribution in [1.29, 1.82) is 0 Å². The summed E-state index contributed by atoms with van der Waals surface area (Å²) in [5, 5.41) is 3.58. The highest BCUT2D eigenvalue weighted by molar-refractivity contribution is 7.17. The van der Waals surface area contributed by atoms with Gasteiger partial charge in [-0.05, 0) is 42.0 Å². The third-order valence-electron chi connectivity index (χ3n) is 5.36. The zero-order chi connectivity index (χ0) is 18.8. The summed E-state index contributed by atoms with van der Waals surface area (Å²) >= 11 is 1.51. The van der Waals surface area contributed by atoms with Crippen LogP contribution < -0.4 is 16.0 Å². The van der Waals surface area contributed by atoms with Crippen LogP contribution in [0, 0.1) is 0 Å². The summed E-state index contributed by atoms with van der Waals surface area (Å²) in [5.41, 5.74) is 9.76. The first-order chi connectivity index (χ1) is 13.1. The Labute approximate surface area is 162 Å². The zero-order valence-corrected chi connectivity index (χ0v) is 16.0.